The summed E-state index contributed by atoms with van der Waals surface area (Å²) < 4.78 is 0. The third-order valence-electron chi connectivity index (χ3n) is 4.50. The Balaban J connectivity index is 1.52. The molecule has 1 aliphatic carbocycles. The molecule has 4 nitrogen and oxygen atoms in total. The summed E-state index contributed by atoms with van der Waals surface area (Å²) in [6, 6.07) is 3.86. The molecule has 2 aromatic rings. The van der Waals surface area contributed by atoms with Gasteiger partial charge in [-0.1, -0.05) is 25.7 Å². The van der Waals surface area contributed by atoms with Crippen LogP contribution < -0.4 is 5.32 Å². The van der Waals surface area contributed by atoms with Gasteiger partial charge in [-0.2, -0.15) is 0 Å². The van der Waals surface area contributed by atoms with Gasteiger partial charge in [-0.25, -0.2) is 4.98 Å². The Hall–Kier alpha value is -1.75. The summed E-state index contributed by atoms with van der Waals surface area (Å²) >= 11 is 1.59. The second kappa shape index (κ2) is 7.68. The molecule has 2 aromatic heterocycles. The van der Waals surface area contributed by atoms with E-state index in [0.717, 1.165) is 28.6 Å². The van der Waals surface area contributed by atoms with E-state index in [0.29, 0.717) is 6.42 Å². The fourth-order valence-corrected chi connectivity index (χ4v) is 3.99. The molecule has 1 aliphatic rings. The molecule has 5 heteroatoms. The lowest BCUT2D eigenvalue weighted by molar-refractivity contribution is -0.122. The molecule has 1 atom stereocenters. The van der Waals surface area contributed by atoms with Crippen LogP contribution in [0.4, 0.5) is 0 Å². The Bertz CT molecular complexity index is 635. The van der Waals surface area contributed by atoms with Gasteiger partial charge in [0.25, 0.3) is 0 Å². The van der Waals surface area contributed by atoms with Crippen molar-refractivity contribution in [2.45, 2.75) is 51.5 Å². The largest absolute Gasteiger partial charge is 0.347 e. The second-order valence-corrected chi connectivity index (χ2v) is 7.17. The number of rotatable bonds is 6. The fourth-order valence-electron chi connectivity index (χ4n) is 3.15. The van der Waals surface area contributed by atoms with E-state index in [9.17, 15) is 4.79 Å². The molecule has 0 aliphatic heterocycles. The van der Waals surface area contributed by atoms with Crippen molar-refractivity contribution in [3.05, 3.63) is 34.9 Å². The Kier molecular flexibility index (Phi) is 5.39. The van der Waals surface area contributed by atoms with Crippen molar-refractivity contribution in [3.8, 4) is 11.3 Å². The molecule has 23 heavy (non-hydrogen) atoms. The monoisotopic (exact) mass is 329 g/mol. The topological polar surface area (TPSA) is 54.9 Å². The summed E-state index contributed by atoms with van der Waals surface area (Å²) in [6.45, 7) is 2.00. The molecular weight excluding hydrogens is 306 g/mol. The summed E-state index contributed by atoms with van der Waals surface area (Å²) in [6.07, 6.45) is 10.5. The lowest BCUT2D eigenvalue weighted by Crippen LogP contribution is -2.26. The van der Waals surface area contributed by atoms with Crippen LogP contribution in [-0.2, 0) is 4.79 Å². The fraction of sp³-hybridized carbons (Fsp3) is 0.500. The van der Waals surface area contributed by atoms with Crippen molar-refractivity contribution < 1.29 is 4.79 Å². The zero-order valence-corrected chi connectivity index (χ0v) is 14.3. The minimum Gasteiger partial charge on any atom is -0.347 e. The number of carbonyl (C=O) groups is 1. The average molecular weight is 329 g/mol. The van der Waals surface area contributed by atoms with Crippen molar-refractivity contribution in [2.24, 2.45) is 5.92 Å². The number of aromatic nitrogens is 2. The highest BCUT2D eigenvalue weighted by atomic mass is 32.1. The van der Waals surface area contributed by atoms with Gasteiger partial charge < -0.3 is 5.32 Å². The molecular formula is C18H23N3OS. The molecule has 1 N–H and O–H groups in total. The summed E-state index contributed by atoms with van der Waals surface area (Å²) in [4.78, 5) is 20.8. The van der Waals surface area contributed by atoms with Crippen LogP contribution in [0.15, 0.2) is 29.9 Å². The first-order chi connectivity index (χ1) is 11.2. The zero-order chi connectivity index (χ0) is 16.1. The van der Waals surface area contributed by atoms with Crippen LogP contribution in [-0.4, -0.2) is 15.9 Å². The van der Waals surface area contributed by atoms with Crippen molar-refractivity contribution in [1.82, 2.24) is 15.3 Å². The average Bonchev–Trinajstić information content (AvgIpc) is 3.25. The summed E-state index contributed by atoms with van der Waals surface area (Å²) in [7, 11) is 0. The highest BCUT2D eigenvalue weighted by molar-refractivity contribution is 7.10. The quantitative estimate of drug-likeness (QED) is 0.857. The lowest BCUT2D eigenvalue weighted by Gasteiger charge is -2.13. The van der Waals surface area contributed by atoms with E-state index in [1.54, 1.807) is 23.7 Å². The van der Waals surface area contributed by atoms with E-state index in [-0.39, 0.29) is 11.9 Å². The van der Waals surface area contributed by atoms with Crippen molar-refractivity contribution in [2.75, 3.05) is 0 Å². The van der Waals surface area contributed by atoms with Gasteiger partial charge in [0, 0.05) is 29.8 Å². The molecule has 0 aromatic carbocycles. The van der Waals surface area contributed by atoms with Crippen LogP contribution >= 0.6 is 11.3 Å². The molecule has 0 spiro atoms. The first-order valence-electron chi connectivity index (χ1n) is 8.37. The molecule has 122 valence electrons. The number of hydrogen-bond acceptors (Lipinski definition) is 4. The van der Waals surface area contributed by atoms with E-state index < -0.39 is 0 Å². The number of thiazole rings is 1. The maximum atomic E-state index is 12.1. The SMILES string of the molecule is C[C@@H](NC(=O)CCC1CCCC1)c1nc(-c2ccncc2)cs1. The lowest BCUT2D eigenvalue weighted by atomic mass is 10.0. The van der Waals surface area contributed by atoms with Gasteiger partial charge in [-0.15, -0.1) is 11.3 Å². The predicted octanol–water partition coefficient (Wildman–Crippen LogP) is 4.35. The first kappa shape index (κ1) is 16.1. The highest BCUT2D eigenvalue weighted by Crippen LogP contribution is 2.29. The van der Waals surface area contributed by atoms with Crippen molar-refractivity contribution in [1.29, 1.82) is 0 Å². The molecule has 0 saturated heterocycles. The second-order valence-electron chi connectivity index (χ2n) is 6.29. The van der Waals surface area contributed by atoms with Gasteiger partial charge in [-0.3, -0.25) is 9.78 Å². The van der Waals surface area contributed by atoms with E-state index in [1.165, 1.54) is 25.7 Å². The minimum atomic E-state index is -0.0355. The summed E-state index contributed by atoms with van der Waals surface area (Å²) in [5.41, 5.74) is 2.00. The normalized spacial score (nSPS) is 16.4. The third-order valence-corrected chi connectivity index (χ3v) is 5.53. The summed E-state index contributed by atoms with van der Waals surface area (Å²) in [5, 5.41) is 6.07. The van der Waals surface area contributed by atoms with Crippen LogP contribution in [0.5, 0.6) is 0 Å². The molecule has 0 radical (unpaired) electrons. The maximum Gasteiger partial charge on any atom is 0.220 e. The van der Waals surface area contributed by atoms with Crippen LogP contribution in [0.2, 0.25) is 0 Å². The Morgan fingerprint density at radius 2 is 2.09 bits per heavy atom. The standard InChI is InChI=1S/C18H23N3OS/c1-13(20-17(22)7-6-14-4-2-3-5-14)18-21-16(12-23-18)15-8-10-19-11-9-15/h8-14H,2-7H2,1H3,(H,20,22)/t13-/m1/s1. The molecule has 2 heterocycles. The third kappa shape index (κ3) is 4.38. The number of nitrogens with zero attached hydrogens (tertiary/aromatic N) is 2. The number of nitrogens with one attached hydrogen (secondary N) is 1. The number of carbonyl (C=O) groups excluding carboxylic acids is 1. The van der Waals surface area contributed by atoms with E-state index >= 15 is 0 Å². The number of hydrogen-bond donors (Lipinski definition) is 1. The summed E-state index contributed by atoms with van der Waals surface area (Å²) in [5.74, 6) is 0.902. The first-order valence-corrected chi connectivity index (χ1v) is 9.25. The predicted molar refractivity (Wildman–Crippen MR) is 93.1 cm³/mol. The van der Waals surface area contributed by atoms with Crippen molar-refractivity contribution >= 4 is 17.2 Å². The molecule has 0 bridgehead atoms. The highest BCUT2D eigenvalue weighted by Gasteiger charge is 2.18. The van der Waals surface area contributed by atoms with Gasteiger partial charge in [0.1, 0.15) is 5.01 Å². The molecule has 1 saturated carbocycles. The minimum absolute atomic E-state index is 0.0355. The van der Waals surface area contributed by atoms with E-state index in [1.807, 2.05) is 24.4 Å². The Morgan fingerprint density at radius 3 is 2.83 bits per heavy atom. The van der Waals surface area contributed by atoms with Crippen LogP contribution in [0.3, 0.4) is 0 Å². The molecule has 0 unspecified atom stereocenters. The Labute approximate surface area is 141 Å². The van der Waals surface area contributed by atoms with Crippen LogP contribution in [0.1, 0.15) is 56.5 Å². The molecule has 3 rings (SSSR count). The van der Waals surface area contributed by atoms with Gasteiger partial charge in [0.15, 0.2) is 0 Å². The number of pyridine rings is 1. The van der Waals surface area contributed by atoms with E-state index in [4.69, 9.17) is 0 Å². The molecule has 1 fully saturated rings. The number of amides is 1. The van der Waals surface area contributed by atoms with Gasteiger partial charge in [0.2, 0.25) is 5.91 Å². The zero-order valence-electron chi connectivity index (χ0n) is 13.5. The van der Waals surface area contributed by atoms with Gasteiger partial charge in [0.05, 0.1) is 11.7 Å². The smallest absolute Gasteiger partial charge is 0.220 e. The maximum absolute atomic E-state index is 12.1. The van der Waals surface area contributed by atoms with Gasteiger partial charge in [-0.05, 0) is 31.4 Å². The molecule has 1 amide bonds. The van der Waals surface area contributed by atoms with Gasteiger partial charge >= 0.3 is 0 Å². The van der Waals surface area contributed by atoms with Crippen molar-refractivity contribution in [3.63, 3.8) is 0 Å². The van der Waals surface area contributed by atoms with E-state index in [2.05, 4.69) is 15.3 Å². The van der Waals surface area contributed by atoms with Crippen LogP contribution in [0.25, 0.3) is 11.3 Å². The Morgan fingerprint density at radius 1 is 1.35 bits per heavy atom. The van der Waals surface area contributed by atoms with Crippen LogP contribution in [0, 0.1) is 5.92 Å².